The Bertz CT molecular complexity index is 832. The van der Waals surface area contributed by atoms with Gasteiger partial charge in [-0.3, -0.25) is 4.79 Å². The molecule has 1 aromatic carbocycles. The smallest absolute Gasteiger partial charge is 0.302 e. The van der Waals surface area contributed by atoms with Crippen LogP contribution in [0.15, 0.2) is 45.7 Å². The summed E-state index contributed by atoms with van der Waals surface area (Å²) in [5.74, 6) is 0. The molecule has 1 aliphatic rings. The Labute approximate surface area is 120 Å². The van der Waals surface area contributed by atoms with Gasteiger partial charge in [0.2, 0.25) is 5.71 Å². The predicted molar refractivity (Wildman–Crippen MR) is 78.8 cm³/mol. The summed E-state index contributed by atoms with van der Waals surface area (Å²) in [7, 11) is 0. The number of para-hydroxylation sites is 1. The van der Waals surface area contributed by atoms with Crippen molar-refractivity contribution in [3.05, 3.63) is 46.9 Å². The van der Waals surface area contributed by atoms with Gasteiger partial charge in [-0.05, 0) is 25.0 Å². The molecule has 1 saturated heterocycles. The molecule has 0 saturated carbocycles. The van der Waals surface area contributed by atoms with E-state index in [9.17, 15) is 4.79 Å². The molecule has 2 aromatic heterocycles. The molecule has 21 heavy (non-hydrogen) atoms. The molecule has 6 heteroatoms. The number of nitrogens with zero attached hydrogens (tertiary/aromatic N) is 4. The Kier molecular flexibility index (Phi) is 2.73. The first kappa shape index (κ1) is 12.1. The highest BCUT2D eigenvalue weighted by molar-refractivity contribution is 5.73. The van der Waals surface area contributed by atoms with Crippen molar-refractivity contribution in [3.8, 4) is 5.69 Å². The van der Waals surface area contributed by atoms with E-state index >= 15 is 0 Å². The first-order chi connectivity index (χ1) is 10.3. The quantitative estimate of drug-likeness (QED) is 0.719. The van der Waals surface area contributed by atoms with Crippen LogP contribution in [-0.2, 0) is 0 Å². The lowest BCUT2D eigenvalue weighted by Gasteiger charge is -2.13. The van der Waals surface area contributed by atoms with E-state index in [2.05, 4.69) is 10.1 Å². The Morgan fingerprint density at radius 3 is 2.62 bits per heavy atom. The van der Waals surface area contributed by atoms with Gasteiger partial charge in [0.15, 0.2) is 0 Å². The molecule has 3 heterocycles. The molecule has 0 unspecified atom stereocenters. The zero-order chi connectivity index (χ0) is 14.2. The lowest BCUT2D eigenvalue weighted by molar-refractivity contribution is 0.540. The molecule has 0 atom stereocenters. The van der Waals surface area contributed by atoms with Crippen LogP contribution < -0.4 is 10.5 Å². The summed E-state index contributed by atoms with van der Waals surface area (Å²) in [6.07, 6.45) is 3.71. The number of hydrogen-bond acceptors (Lipinski definition) is 5. The van der Waals surface area contributed by atoms with Gasteiger partial charge in [-0.1, -0.05) is 18.2 Å². The van der Waals surface area contributed by atoms with E-state index in [-0.39, 0.29) is 5.56 Å². The summed E-state index contributed by atoms with van der Waals surface area (Å²) in [4.78, 5) is 18.2. The number of hydrogen-bond donors (Lipinski definition) is 0. The van der Waals surface area contributed by atoms with E-state index in [0.717, 1.165) is 31.6 Å². The molecular formula is C15H14N4O2. The predicted octanol–water partition coefficient (Wildman–Crippen LogP) is 1.97. The van der Waals surface area contributed by atoms with E-state index in [1.807, 2.05) is 35.2 Å². The normalized spacial score (nSPS) is 15.0. The molecule has 0 N–H and O–H groups in total. The number of fused-ring (bicyclic) bond motifs is 1. The molecule has 3 aromatic rings. The van der Waals surface area contributed by atoms with Crippen LogP contribution in [-0.4, -0.2) is 27.9 Å². The van der Waals surface area contributed by atoms with Crippen LogP contribution in [0.3, 0.4) is 0 Å². The molecule has 0 radical (unpaired) electrons. The lowest BCUT2D eigenvalue weighted by atomic mass is 10.3. The van der Waals surface area contributed by atoms with Gasteiger partial charge in [-0.15, -0.1) is 0 Å². The van der Waals surface area contributed by atoms with Gasteiger partial charge in [-0.2, -0.15) is 14.8 Å². The molecule has 0 bridgehead atoms. The molecule has 1 aliphatic heterocycles. The van der Waals surface area contributed by atoms with Gasteiger partial charge in [-0.25, -0.2) is 0 Å². The summed E-state index contributed by atoms with van der Waals surface area (Å²) >= 11 is 0. The van der Waals surface area contributed by atoms with Crippen LogP contribution in [0, 0.1) is 0 Å². The molecule has 1 fully saturated rings. The molecular weight excluding hydrogens is 268 g/mol. The van der Waals surface area contributed by atoms with E-state index in [0.29, 0.717) is 17.1 Å². The van der Waals surface area contributed by atoms with E-state index in [4.69, 9.17) is 4.42 Å². The molecule has 4 rings (SSSR count). The highest BCUT2D eigenvalue weighted by Crippen LogP contribution is 2.22. The largest absolute Gasteiger partial charge is 0.406 e. The zero-order valence-electron chi connectivity index (χ0n) is 11.4. The maximum absolute atomic E-state index is 12.1. The topological polar surface area (TPSA) is 64.2 Å². The average molecular weight is 282 g/mol. The standard InChI is InChI=1S/C15H14N4O2/c20-13-12-10-16-19(11-6-2-1-3-7-11)14(12)21-15(17-13)18-8-4-5-9-18/h1-3,6-7,10H,4-5,8-9H2. The van der Waals surface area contributed by atoms with Crippen LogP contribution in [0.2, 0.25) is 0 Å². The van der Waals surface area contributed by atoms with Gasteiger partial charge in [0.25, 0.3) is 5.56 Å². The Balaban J connectivity index is 1.91. The van der Waals surface area contributed by atoms with Crippen molar-refractivity contribution >= 4 is 17.1 Å². The second kappa shape index (κ2) is 4.73. The fourth-order valence-corrected chi connectivity index (χ4v) is 2.64. The number of benzene rings is 1. The minimum atomic E-state index is -0.291. The second-order valence-electron chi connectivity index (χ2n) is 5.11. The van der Waals surface area contributed by atoms with Crippen molar-refractivity contribution in [1.29, 1.82) is 0 Å². The summed E-state index contributed by atoms with van der Waals surface area (Å²) in [5.41, 5.74) is 1.01. The zero-order valence-corrected chi connectivity index (χ0v) is 11.4. The molecule has 6 nitrogen and oxygen atoms in total. The van der Waals surface area contributed by atoms with Crippen LogP contribution in [0.1, 0.15) is 12.8 Å². The highest BCUT2D eigenvalue weighted by Gasteiger charge is 2.20. The Morgan fingerprint density at radius 1 is 1.10 bits per heavy atom. The highest BCUT2D eigenvalue weighted by atomic mass is 16.4. The summed E-state index contributed by atoms with van der Waals surface area (Å²) in [6, 6.07) is 10.0. The third-order valence-corrected chi connectivity index (χ3v) is 3.72. The summed E-state index contributed by atoms with van der Waals surface area (Å²) in [6.45, 7) is 1.75. The van der Waals surface area contributed by atoms with E-state index in [1.54, 1.807) is 4.68 Å². The fraction of sp³-hybridized carbons (Fsp3) is 0.267. The maximum atomic E-state index is 12.1. The van der Waals surface area contributed by atoms with Crippen molar-refractivity contribution in [2.24, 2.45) is 0 Å². The monoisotopic (exact) mass is 282 g/mol. The Morgan fingerprint density at radius 2 is 1.86 bits per heavy atom. The SMILES string of the molecule is O=c1nc(N2CCCC2)oc2c1cnn2-c1ccccc1. The van der Waals surface area contributed by atoms with E-state index in [1.165, 1.54) is 6.20 Å². The maximum Gasteiger partial charge on any atom is 0.302 e. The van der Waals surface area contributed by atoms with Crippen molar-refractivity contribution in [2.75, 3.05) is 18.0 Å². The summed E-state index contributed by atoms with van der Waals surface area (Å²) in [5, 5.41) is 4.66. The van der Waals surface area contributed by atoms with Crippen molar-refractivity contribution in [1.82, 2.24) is 14.8 Å². The van der Waals surface area contributed by atoms with Crippen molar-refractivity contribution < 1.29 is 4.42 Å². The van der Waals surface area contributed by atoms with Crippen molar-refractivity contribution in [3.63, 3.8) is 0 Å². The molecule has 0 amide bonds. The summed E-state index contributed by atoms with van der Waals surface area (Å²) < 4.78 is 7.50. The Hall–Kier alpha value is -2.63. The third-order valence-electron chi connectivity index (χ3n) is 3.72. The van der Waals surface area contributed by atoms with Gasteiger partial charge in [0, 0.05) is 13.1 Å². The van der Waals surface area contributed by atoms with Crippen molar-refractivity contribution in [2.45, 2.75) is 12.8 Å². The van der Waals surface area contributed by atoms with Gasteiger partial charge >= 0.3 is 6.01 Å². The minimum Gasteiger partial charge on any atom is -0.406 e. The number of aromatic nitrogens is 3. The van der Waals surface area contributed by atoms with Crippen LogP contribution in [0.25, 0.3) is 16.8 Å². The minimum absolute atomic E-state index is 0.291. The average Bonchev–Trinajstić information content (AvgIpc) is 3.18. The molecule has 106 valence electrons. The first-order valence-corrected chi connectivity index (χ1v) is 7.02. The lowest BCUT2D eigenvalue weighted by Crippen LogP contribution is -2.22. The fourth-order valence-electron chi connectivity index (χ4n) is 2.64. The molecule has 0 spiro atoms. The van der Waals surface area contributed by atoms with Gasteiger partial charge < -0.3 is 9.32 Å². The van der Waals surface area contributed by atoms with Gasteiger partial charge in [0.05, 0.1) is 11.9 Å². The first-order valence-electron chi connectivity index (χ1n) is 7.02. The van der Waals surface area contributed by atoms with E-state index < -0.39 is 0 Å². The third kappa shape index (κ3) is 1.99. The van der Waals surface area contributed by atoms with Crippen LogP contribution in [0.4, 0.5) is 6.01 Å². The molecule has 0 aliphatic carbocycles. The van der Waals surface area contributed by atoms with Crippen LogP contribution in [0.5, 0.6) is 0 Å². The second-order valence-corrected chi connectivity index (χ2v) is 5.11. The number of anilines is 1. The number of rotatable bonds is 2. The van der Waals surface area contributed by atoms with Gasteiger partial charge in [0.1, 0.15) is 5.39 Å². The van der Waals surface area contributed by atoms with Crippen LogP contribution >= 0.6 is 0 Å².